The van der Waals surface area contributed by atoms with E-state index in [1.165, 1.54) is 0 Å². The molecule has 138 valence electrons. The smallest absolute Gasteiger partial charge is 0.254 e. The lowest BCUT2D eigenvalue weighted by atomic mass is 9.94. The van der Waals surface area contributed by atoms with Gasteiger partial charge in [0.05, 0.1) is 24.8 Å². The zero-order chi connectivity index (χ0) is 18.1. The van der Waals surface area contributed by atoms with Crippen molar-refractivity contribution in [3.63, 3.8) is 0 Å². The van der Waals surface area contributed by atoms with Crippen LogP contribution >= 0.6 is 12.2 Å². The molecule has 1 atom stereocenters. The summed E-state index contributed by atoms with van der Waals surface area (Å²) in [5, 5.41) is 6.80. The Balaban J connectivity index is 1.69. The van der Waals surface area contributed by atoms with Crippen LogP contribution in [-0.2, 0) is 9.53 Å². The number of hydrogen-bond donors (Lipinski definition) is 2. The summed E-state index contributed by atoms with van der Waals surface area (Å²) in [6.07, 6.45) is 0. The minimum absolute atomic E-state index is 0.00631. The van der Waals surface area contributed by atoms with Crippen molar-refractivity contribution in [1.82, 2.24) is 15.5 Å². The normalized spacial score (nSPS) is 22.6. The van der Waals surface area contributed by atoms with Crippen molar-refractivity contribution in [2.24, 2.45) is 0 Å². The number of nitrogens with zero attached hydrogens (tertiary/aromatic N) is 1. The molecule has 7 nitrogen and oxygen atoms in total. The van der Waals surface area contributed by atoms with Crippen LogP contribution in [0.15, 0.2) is 29.5 Å². The number of nitrogens with one attached hydrogen (secondary N) is 2. The van der Waals surface area contributed by atoms with Crippen LogP contribution in [0.5, 0.6) is 11.5 Å². The molecule has 0 radical (unpaired) electrons. The van der Waals surface area contributed by atoms with Gasteiger partial charge in [0.1, 0.15) is 13.2 Å². The number of carbonyl (C=O) groups is 1. The third kappa shape index (κ3) is 3.22. The summed E-state index contributed by atoms with van der Waals surface area (Å²) in [6.45, 7) is 5.25. The van der Waals surface area contributed by atoms with Gasteiger partial charge in [0, 0.05) is 18.8 Å². The van der Waals surface area contributed by atoms with Gasteiger partial charge >= 0.3 is 0 Å². The first-order valence-corrected chi connectivity index (χ1v) is 9.09. The number of ether oxygens (including phenoxy) is 3. The van der Waals surface area contributed by atoms with Crippen LogP contribution in [0.3, 0.4) is 0 Å². The maximum absolute atomic E-state index is 13.2. The summed E-state index contributed by atoms with van der Waals surface area (Å²) in [5.74, 6) is 1.40. The van der Waals surface area contributed by atoms with E-state index in [2.05, 4.69) is 10.6 Å². The number of hydrogen-bond acceptors (Lipinski definition) is 5. The summed E-state index contributed by atoms with van der Waals surface area (Å²) in [7, 11) is 0. The Morgan fingerprint density at radius 1 is 1.15 bits per heavy atom. The third-order valence-corrected chi connectivity index (χ3v) is 4.92. The van der Waals surface area contributed by atoms with Crippen LogP contribution in [0, 0.1) is 0 Å². The first-order chi connectivity index (χ1) is 12.6. The number of carbonyl (C=O) groups excluding carboxylic acids is 1. The highest BCUT2D eigenvalue weighted by Crippen LogP contribution is 2.36. The molecule has 3 heterocycles. The fraction of sp³-hybridized carbons (Fsp3) is 0.444. The molecule has 0 saturated carbocycles. The van der Waals surface area contributed by atoms with Gasteiger partial charge in [-0.15, -0.1) is 0 Å². The van der Waals surface area contributed by atoms with E-state index in [4.69, 9.17) is 26.4 Å². The molecule has 1 aromatic carbocycles. The molecule has 0 spiro atoms. The highest BCUT2D eigenvalue weighted by atomic mass is 32.1. The zero-order valence-electron chi connectivity index (χ0n) is 14.5. The number of morpholine rings is 1. The minimum atomic E-state index is -0.338. The van der Waals surface area contributed by atoms with E-state index in [9.17, 15) is 4.79 Å². The molecule has 0 bridgehead atoms. The molecule has 0 aromatic heterocycles. The second-order valence-corrected chi connectivity index (χ2v) is 6.79. The van der Waals surface area contributed by atoms with Crippen molar-refractivity contribution in [1.29, 1.82) is 0 Å². The highest BCUT2D eigenvalue weighted by Gasteiger charge is 2.33. The second kappa shape index (κ2) is 7.13. The molecule has 2 N–H and O–H groups in total. The predicted molar refractivity (Wildman–Crippen MR) is 99.1 cm³/mol. The van der Waals surface area contributed by atoms with Crippen molar-refractivity contribution in [2.45, 2.75) is 13.0 Å². The van der Waals surface area contributed by atoms with Gasteiger partial charge < -0.3 is 29.7 Å². The van der Waals surface area contributed by atoms with Crippen LogP contribution in [-0.4, -0.2) is 55.4 Å². The molecule has 3 aliphatic heterocycles. The molecule has 26 heavy (non-hydrogen) atoms. The number of fused-ring (bicyclic) bond motifs is 1. The van der Waals surface area contributed by atoms with E-state index in [1.807, 2.05) is 30.0 Å². The molecule has 0 aliphatic carbocycles. The van der Waals surface area contributed by atoms with Crippen molar-refractivity contribution in [3.8, 4) is 11.5 Å². The van der Waals surface area contributed by atoms with Gasteiger partial charge in [0.25, 0.3) is 5.91 Å². The van der Waals surface area contributed by atoms with E-state index in [-0.39, 0.29) is 11.9 Å². The first-order valence-electron chi connectivity index (χ1n) is 8.68. The Labute approximate surface area is 157 Å². The van der Waals surface area contributed by atoms with Crippen LogP contribution < -0.4 is 20.1 Å². The number of rotatable bonds is 2. The van der Waals surface area contributed by atoms with Crippen molar-refractivity contribution in [3.05, 3.63) is 35.0 Å². The molecule has 1 amide bonds. The monoisotopic (exact) mass is 375 g/mol. The quantitative estimate of drug-likeness (QED) is 0.751. The van der Waals surface area contributed by atoms with Gasteiger partial charge in [-0.05, 0) is 36.8 Å². The van der Waals surface area contributed by atoms with Crippen LogP contribution in [0.25, 0.3) is 0 Å². The van der Waals surface area contributed by atoms with E-state index in [0.717, 1.165) is 17.0 Å². The van der Waals surface area contributed by atoms with Gasteiger partial charge in [-0.1, -0.05) is 6.07 Å². The summed E-state index contributed by atoms with van der Waals surface area (Å²) >= 11 is 5.32. The topological polar surface area (TPSA) is 72.1 Å². The number of allylic oxidation sites excluding steroid dienone is 1. The van der Waals surface area contributed by atoms with Crippen molar-refractivity contribution < 1.29 is 19.0 Å². The lowest BCUT2D eigenvalue weighted by molar-refractivity contribution is -0.131. The van der Waals surface area contributed by atoms with Gasteiger partial charge in [-0.3, -0.25) is 4.79 Å². The molecule has 3 aliphatic rings. The minimum Gasteiger partial charge on any atom is -0.486 e. The average Bonchev–Trinajstić information content (AvgIpc) is 2.67. The Bertz CT molecular complexity index is 774. The maximum atomic E-state index is 13.2. The lowest BCUT2D eigenvalue weighted by Crippen LogP contribution is -2.49. The van der Waals surface area contributed by atoms with Crippen LogP contribution in [0.4, 0.5) is 0 Å². The summed E-state index contributed by atoms with van der Waals surface area (Å²) in [4.78, 5) is 15.0. The van der Waals surface area contributed by atoms with E-state index >= 15 is 0 Å². The van der Waals surface area contributed by atoms with Gasteiger partial charge in [0.2, 0.25) is 0 Å². The van der Waals surface area contributed by atoms with E-state index in [1.54, 1.807) is 0 Å². The first kappa shape index (κ1) is 17.1. The number of benzene rings is 1. The molecular weight excluding hydrogens is 354 g/mol. The largest absolute Gasteiger partial charge is 0.486 e. The Morgan fingerprint density at radius 2 is 1.88 bits per heavy atom. The molecule has 1 unspecified atom stereocenters. The Morgan fingerprint density at radius 3 is 2.65 bits per heavy atom. The van der Waals surface area contributed by atoms with E-state index < -0.39 is 0 Å². The van der Waals surface area contributed by atoms with Crippen molar-refractivity contribution in [2.75, 3.05) is 39.5 Å². The second-order valence-electron chi connectivity index (χ2n) is 6.38. The molecular formula is C18H21N3O4S. The van der Waals surface area contributed by atoms with Gasteiger partial charge in [0.15, 0.2) is 16.6 Å². The maximum Gasteiger partial charge on any atom is 0.254 e. The summed E-state index contributed by atoms with van der Waals surface area (Å²) in [6, 6.07) is 5.40. The van der Waals surface area contributed by atoms with Crippen LogP contribution in [0.1, 0.15) is 18.5 Å². The molecule has 1 saturated heterocycles. The predicted octanol–water partition coefficient (Wildman–Crippen LogP) is 1.11. The number of thiocarbonyl (C=S) groups is 1. The number of amides is 1. The Hall–Kier alpha value is -2.32. The van der Waals surface area contributed by atoms with Crippen molar-refractivity contribution >= 4 is 23.2 Å². The van der Waals surface area contributed by atoms with Crippen LogP contribution in [0.2, 0.25) is 0 Å². The SMILES string of the molecule is CC1=C(C(=O)N2CCOCC2)C(c2ccc3c(c2)OCCO3)NC(=S)N1. The van der Waals surface area contributed by atoms with E-state index in [0.29, 0.717) is 56.0 Å². The van der Waals surface area contributed by atoms with Gasteiger partial charge in [-0.25, -0.2) is 0 Å². The summed E-state index contributed by atoms with van der Waals surface area (Å²) in [5.41, 5.74) is 2.34. The Kier molecular flexibility index (Phi) is 4.69. The lowest BCUT2D eigenvalue weighted by Gasteiger charge is -2.35. The molecule has 1 aromatic rings. The third-order valence-electron chi connectivity index (χ3n) is 4.70. The molecule has 1 fully saturated rings. The van der Waals surface area contributed by atoms with Gasteiger partial charge in [-0.2, -0.15) is 0 Å². The average molecular weight is 375 g/mol. The molecule has 4 rings (SSSR count). The standard InChI is InChI=1S/C18H21N3O4S/c1-11-15(17(22)21-4-6-23-7-5-21)16(20-18(26)19-11)12-2-3-13-14(10-12)25-9-8-24-13/h2-3,10,16H,4-9H2,1H3,(H2,19,20,26). The zero-order valence-corrected chi connectivity index (χ0v) is 15.4. The fourth-order valence-corrected chi connectivity index (χ4v) is 3.67. The summed E-state index contributed by atoms with van der Waals surface area (Å²) < 4.78 is 16.6. The molecule has 8 heteroatoms. The highest BCUT2D eigenvalue weighted by molar-refractivity contribution is 7.80. The fourth-order valence-electron chi connectivity index (χ4n) is 3.40.